The summed E-state index contributed by atoms with van der Waals surface area (Å²) in [6.45, 7) is 11.6. The number of nitrogens with one attached hydrogen (secondary N) is 1. The summed E-state index contributed by atoms with van der Waals surface area (Å²) in [5.74, 6) is 0. The highest BCUT2D eigenvalue weighted by Crippen LogP contribution is 2.29. The van der Waals surface area contributed by atoms with Crippen molar-refractivity contribution >= 4 is 5.70 Å². The van der Waals surface area contributed by atoms with Crippen molar-refractivity contribution in [2.24, 2.45) is 0 Å². The zero-order valence-electron chi connectivity index (χ0n) is 9.15. The Labute approximate surface area is 85.8 Å². The second-order valence-electron chi connectivity index (χ2n) is 4.95. The fourth-order valence-corrected chi connectivity index (χ4v) is 1.78. The van der Waals surface area contributed by atoms with Crippen LogP contribution in [-0.2, 0) is 12.0 Å². The summed E-state index contributed by atoms with van der Waals surface area (Å²) in [6, 6.07) is 6.69. The molecule has 0 amide bonds. The largest absolute Gasteiger partial charge is 0.381 e. The average Bonchev–Trinajstić information content (AvgIpc) is 2.46. The second kappa shape index (κ2) is 2.88. The summed E-state index contributed by atoms with van der Waals surface area (Å²) < 4.78 is 0. The van der Waals surface area contributed by atoms with Gasteiger partial charge < -0.3 is 5.32 Å². The molecule has 74 valence electrons. The molecular formula is C13H17N. The van der Waals surface area contributed by atoms with E-state index in [1.807, 2.05) is 0 Å². The molecule has 0 radical (unpaired) electrons. The first-order valence-corrected chi connectivity index (χ1v) is 5.05. The lowest BCUT2D eigenvalue weighted by Crippen LogP contribution is -2.11. The normalized spacial score (nSPS) is 15.2. The van der Waals surface area contributed by atoms with E-state index in [2.05, 4.69) is 50.9 Å². The third-order valence-corrected chi connectivity index (χ3v) is 2.79. The van der Waals surface area contributed by atoms with Gasteiger partial charge in [0.05, 0.1) is 0 Å². The molecule has 0 aliphatic carbocycles. The van der Waals surface area contributed by atoms with Gasteiger partial charge in [-0.25, -0.2) is 0 Å². The average molecular weight is 187 g/mol. The molecule has 1 N–H and O–H groups in total. The molecular weight excluding hydrogens is 170 g/mol. The van der Waals surface area contributed by atoms with Gasteiger partial charge in [0.1, 0.15) is 0 Å². The third-order valence-electron chi connectivity index (χ3n) is 2.79. The Balaban J connectivity index is 2.50. The number of rotatable bonds is 0. The van der Waals surface area contributed by atoms with Gasteiger partial charge >= 0.3 is 0 Å². The standard InChI is InChI=1S/C13H17N/c1-9-12-7-11(13(2,3)4)6-5-10(12)8-14-9/h5-7,14H,1,8H2,2-4H3. The minimum Gasteiger partial charge on any atom is -0.381 e. The van der Waals surface area contributed by atoms with Gasteiger partial charge in [-0.1, -0.05) is 39.5 Å². The van der Waals surface area contributed by atoms with Crippen molar-refractivity contribution in [2.75, 3.05) is 0 Å². The van der Waals surface area contributed by atoms with E-state index < -0.39 is 0 Å². The highest BCUT2D eigenvalue weighted by Gasteiger charge is 2.19. The van der Waals surface area contributed by atoms with Crippen LogP contribution >= 0.6 is 0 Å². The van der Waals surface area contributed by atoms with Gasteiger partial charge in [0, 0.05) is 17.8 Å². The first-order valence-electron chi connectivity index (χ1n) is 5.05. The van der Waals surface area contributed by atoms with Crippen molar-refractivity contribution in [3.05, 3.63) is 41.5 Å². The first-order chi connectivity index (χ1) is 6.48. The SMILES string of the molecule is C=C1NCc2ccc(C(C)(C)C)cc21. The topological polar surface area (TPSA) is 12.0 Å². The Morgan fingerprint density at radius 3 is 2.64 bits per heavy atom. The van der Waals surface area contributed by atoms with Crippen LogP contribution in [-0.4, -0.2) is 0 Å². The highest BCUT2D eigenvalue weighted by atomic mass is 14.9. The van der Waals surface area contributed by atoms with Crippen molar-refractivity contribution < 1.29 is 0 Å². The molecule has 14 heavy (non-hydrogen) atoms. The molecule has 1 aromatic carbocycles. The van der Waals surface area contributed by atoms with Gasteiger partial charge in [0.15, 0.2) is 0 Å². The van der Waals surface area contributed by atoms with Crippen LogP contribution in [0.15, 0.2) is 24.8 Å². The maximum absolute atomic E-state index is 4.01. The molecule has 1 aromatic rings. The molecule has 0 aromatic heterocycles. The van der Waals surface area contributed by atoms with E-state index in [-0.39, 0.29) is 5.41 Å². The Bertz CT molecular complexity index is 383. The molecule has 0 spiro atoms. The van der Waals surface area contributed by atoms with Crippen LogP contribution in [0.25, 0.3) is 5.70 Å². The predicted octanol–water partition coefficient (Wildman–Crippen LogP) is 3.06. The Morgan fingerprint density at radius 1 is 1.29 bits per heavy atom. The van der Waals surface area contributed by atoms with Crippen LogP contribution in [0.1, 0.15) is 37.5 Å². The number of hydrogen-bond acceptors (Lipinski definition) is 1. The van der Waals surface area contributed by atoms with Gasteiger partial charge in [-0.3, -0.25) is 0 Å². The van der Waals surface area contributed by atoms with Crippen LogP contribution in [0.4, 0.5) is 0 Å². The summed E-state index contributed by atoms with van der Waals surface area (Å²) in [6.07, 6.45) is 0. The van der Waals surface area contributed by atoms with E-state index in [4.69, 9.17) is 0 Å². The first kappa shape index (κ1) is 9.32. The maximum Gasteiger partial charge on any atom is 0.0407 e. The summed E-state index contributed by atoms with van der Waals surface area (Å²) in [4.78, 5) is 0. The minimum atomic E-state index is 0.220. The van der Waals surface area contributed by atoms with Crippen LogP contribution in [0.3, 0.4) is 0 Å². The van der Waals surface area contributed by atoms with Crippen molar-refractivity contribution in [3.63, 3.8) is 0 Å². The molecule has 1 nitrogen and oxygen atoms in total. The van der Waals surface area contributed by atoms with Crippen LogP contribution in [0, 0.1) is 0 Å². The van der Waals surface area contributed by atoms with Gasteiger partial charge in [0.2, 0.25) is 0 Å². The molecule has 2 rings (SSSR count). The van der Waals surface area contributed by atoms with E-state index in [0.717, 1.165) is 12.2 Å². The molecule has 1 heteroatoms. The van der Waals surface area contributed by atoms with Gasteiger partial charge in [0.25, 0.3) is 0 Å². The van der Waals surface area contributed by atoms with Gasteiger partial charge in [-0.05, 0) is 22.6 Å². The lowest BCUT2D eigenvalue weighted by Gasteiger charge is -2.19. The number of benzene rings is 1. The highest BCUT2D eigenvalue weighted by molar-refractivity contribution is 5.69. The number of fused-ring (bicyclic) bond motifs is 1. The third kappa shape index (κ3) is 1.43. The smallest absolute Gasteiger partial charge is 0.0407 e. The van der Waals surface area contributed by atoms with Gasteiger partial charge in [-0.15, -0.1) is 0 Å². The van der Waals surface area contributed by atoms with Crippen molar-refractivity contribution in [2.45, 2.75) is 32.7 Å². The molecule has 0 fully saturated rings. The van der Waals surface area contributed by atoms with E-state index in [1.165, 1.54) is 16.7 Å². The lowest BCUT2D eigenvalue weighted by molar-refractivity contribution is 0.590. The zero-order chi connectivity index (χ0) is 10.3. The van der Waals surface area contributed by atoms with E-state index in [1.54, 1.807) is 0 Å². The molecule has 1 aliphatic heterocycles. The summed E-state index contributed by atoms with van der Waals surface area (Å²) in [7, 11) is 0. The van der Waals surface area contributed by atoms with Crippen molar-refractivity contribution in [1.82, 2.24) is 5.32 Å². The van der Waals surface area contributed by atoms with E-state index >= 15 is 0 Å². The van der Waals surface area contributed by atoms with Crippen molar-refractivity contribution in [3.8, 4) is 0 Å². The van der Waals surface area contributed by atoms with E-state index in [0.29, 0.717) is 0 Å². The quantitative estimate of drug-likeness (QED) is 0.658. The molecule has 1 aliphatic rings. The fraction of sp³-hybridized carbons (Fsp3) is 0.385. The summed E-state index contributed by atoms with van der Waals surface area (Å²) in [5.41, 5.74) is 5.31. The molecule has 1 heterocycles. The summed E-state index contributed by atoms with van der Waals surface area (Å²) >= 11 is 0. The Hall–Kier alpha value is -1.24. The second-order valence-corrected chi connectivity index (χ2v) is 4.95. The Morgan fingerprint density at radius 2 is 2.00 bits per heavy atom. The van der Waals surface area contributed by atoms with Crippen LogP contribution in [0.2, 0.25) is 0 Å². The van der Waals surface area contributed by atoms with Crippen LogP contribution in [0.5, 0.6) is 0 Å². The molecule has 0 saturated carbocycles. The molecule has 0 saturated heterocycles. The fourth-order valence-electron chi connectivity index (χ4n) is 1.78. The number of hydrogen-bond donors (Lipinski definition) is 1. The summed E-state index contributed by atoms with van der Waals surface area (Å²) in [5, 5.41) is 3.27. The molecule has 0 unspecified atom stereocenters. The molecule has 0 bridgehead atoms. The molecule has 0 atom stereocenters. The maximum atomic E-state index is 4.01. The predicted molar refractivity (Wildman–Crippen MR) is 61.0 cm³/mol. The van der Waals surface area contributed by atoms with E-state index in [9.17, 15) is 0 Å². The van der Waals surface area contributed by atoms with Crippen molar-refractivity contribution in [1.29, 1.82) is 0 Å². The monoisotopic (exact) mass is 187 g/mol. The van der Waals surface area contributed by atoms with Crippen LogP contribution < -0.4 is 5.32 Å². The Kier molecular flexibility index (Phi) is 1.91. The minimum absolute atomic E-state index is 0.220. The lowest BCUT2D eigenvalue weighted by atomic mass is 9.85. The van der Waals surface area contributed by atoms with Gasteiger partial charge in [-0.2, -0.15) is 0 Å². The zero-order valence-corrected chi connectivity index (χ0v) is 9.15.